The number of aromatic nitrogens is 2. The molecule has 0 radical (unpaired) electrons. The Labute approximate surface area is 105 Å². The molecule has 17 heavy (non-hydrogen) atoms. The standard InChI is InChI=1S/C14H25N3/c1-2-15-10-6-7-13-11-16-17(12-13)14-8-4-3-5-9-14/h11-12,14-15H,2-10H2,1H3. The van der Waals surface area contributed by atoms with Crippen LogP contribution in [0.4, 0.5) is 0 Å². The Morgan fingerprint density at radius 1 is 1.35 bits per heavy atom. The van der Waals surface area contributed by atoms with Gasteiger partial charge >= 0.3 is 0 Å². The first-order chi connectivity index (χ1) is 8.40. The maximum Gasteiger partial charge on any atom is 0.0521 e. The van der Waals surface area contributed by atoms with Gasteiger partial charge in [-0.3, -0.25) is 4.68 Å². The molecule has 3 nitrogen and oxygen atoms in total. The van der Waals surface area contributed by atoms with Crippen LogP contribution in [0, 0.1) is 0 Å². The average molecular weight is 235 g/mol. The van der Waals surface area contributed by atoms with Gasteiger partial charge in [-0.1, -0.05) is 26.2 Å². The van der Waals surface area contributed by atoms with Crippen LogP contribution in [0.5, 0.6) is 0 Å². The molecular weight excluding hydrogens is 210 g/mol. The summed E-state index contributed by atoms with van der Waals surface area (Å²) in [7, 11) is 0. The molecule has 0 bridgehead atoms. The lowest BCUT2D eigenvalue weighted by Gasteiger charge is -2.21. The summed E-state index contributed by atoms with van der Waals surface area (Å²) in [6.07, 6.45) is 13.5. The largest absolute Gasteiger partial charge is 0.317 e. The Morgan fingerprint density at radius 3 is 2.94 bits per heavy atom. The molecule has 1 heterocycles. The van der Waals surface area contributed by atoms with Crippen molar-refractivity contribution >= 4 is 0 Å². The third kappa shape index (κ3) is 3.84. The van der Waals surface area contributed by atoms with E-state index in [0.29, 0.717) is 6.04 Å². The highest BCUT2D eigenvalue weighted by atomic mass is 15.3. The molecule has 1 aromatic rings. The lowest BCUT2D eigenvalue weighted by molar-refractivity contribution is 0.329. The molecule has 0 amide bonds. The predicted molar refractivity (Wildman–Crippen MR) is 71.2 cm³/mol. The minimum absolute atomic E-state index is 0.672. The average Bonchev–Trinajstić information content (AvgIpc) is 2.85. The van der Waals surface area contributed by atoms with Crippen LogP contribution in [-0.2, 0) is 6.42 Å². The molecule has 1 aliphatic carbocycles. The summed E-state index contributed by atoms with van der Waals surface area (Å²) in [5.41, 5.74) is 1.40. The summed E-state index contributed by atoms with van der Waals surface area (Å²) >= 11 is 0. The highest BCUT2D eigenvalue weighted by molar-refractivity contribution is 5.04. The maximum absolute atomic E-state index is 4.54. The molecular formula is C14H25N3. The lowest BCUT2D eigenvalue weighted by Crippen LogP contribution is -2.14. The van der Waals surface area contributed by atoms with E-state index in [1.54, 1.807) is 0 Å². The van der Waals surface area contributed by atoms with Gasteiger partial charge in [0, 0.05) is 6.20 Å². The van der Waals surface area contributed by atoms with Crippen molar-refractivity contribution in [1.82, 2.24) is 15.1 Å². The second kappa shape index (κ2) is 6.80. The SMILES string of the molecule is CCNCCCc1cnn(C2CCCCC2)c1. The molecule has 96 valence electrons. The van der Waals surface area contributed by atoms with Gasteiger partial charge < -0.3 is 5.32 Å². The van der Waals surface area contributed by atoms with E-state index >= 15 is 0 Å². The predicted octanol–water partition coefficient (Wildman–Crippen LogP) is 2.93. The second-order valence-corrected chi connectivity index (χ2v) is 5.08. The summed E-state index contributed by atoms with van der Waals surface area (Å²) in [4.78, 5) is 0. The molecule has 0 atom stereocenters. The van der Waals surface area contributed by atoms with Crippen molar-refractivity contribution < 1.29 is 0 Å². The Bertz CT molecular complexity index is 313. The molecule has 0 unspecified atom stereocenters. The van der Waals surface area contributed by atoms with E-state index < -0.39 is 0 Å². The fraction of sp³-hybridized carbons (Fsp3) is 0.786. The second-order valence-electron chi connectivity index (χ2n) is 5.08. The van der Waals surface area contributed by atoms with Crippen molar-refractivity contribution in [2.45, 2.75) is 57.9 Å². The van der Waals surface area contributed by atoms with Gasteiger partial charge in [-0.15, -0.1) is 0 Å². The van der Waals surface area contributed by atoms with Crippen molar-refractivity contribution in [3.8, 4) is 0 Å². The van der Waals surface area contributed by atoms with E-state index in [4.69, 9.17) is 0 Å². The smallest absolute Gasteiger partial charge is 0.0521 e. The van der Waals surface area contributed by atoms with Crippen molar-refractivity contribution in [2.24, 2.45) is 0 Å². The van der Waals surface area contributed by atoms with Gasteiger partial charge in [-0.25, -0.2) is 0 Å². The van der Waals surface area contributed by atoms with Crippen LogP contribution in [0.2, 0.25) is 0 Å². The fourth-order valence-electron chi connectivity index (χ4n) is 2.65. The van der Waals surface area contributed by atoms with Crippen LogP contribution >= 0.6 is 0 Å². The van der Waals surface area contributed by atoms with Gasteiger partial charge in [0.25, 0.3) is 0 Å². The van der Waals surface area contributed by atoms with Crippen LogP contribution in [0.3, 0.4) is 0 Å². The van der Waals surface area contributed by atoms with E-state index in [1.807, 2.05) is 0 Å². The number of nitrogens with one attached hydrogen (secondary N) is 1. The highest BCUT2D eigenvalue weighted by Crippen LogP contribution is 2.27. The summed E-state index contributed by atoms with van der Waals surface area (Å²) in [5.74, 6) is 0. The van der Waals surface area contributed by atoms with Crippen molar-refractivity contribution in [2.75, 3.05) is 13.1 Å². The molecule has 0 aromatic carbocycles. The van der Waals surface area contributed by atoms with Crippen LogP contribution < -0.4 is 5.32 Å². The highest BCUT2D eigenvalue weighted by Gasteiger charge is 2.15. The number of nitrogens with zero attached hydrogens (tertiary/aromatic N) is 2. The maximum atomic E-state index is 4.54. The molecule has 0 aliphatic heterocycles. The third-order valence-corrected chi connectivity index (χ3v) is 3.67. The van der Waals surface area contributed by atoms with Gasteiger partial charge in [0.1, 0.15) is 0 Å². The fourth-order valence-corrected chi connectivity index (χ4v) is 2.65. The van der Waals surface area contributed by atoms with Crippen LogP contribution in [0.15, 0.2) is 12.4 Å². The zero-order chi connectivity index (χ0) is 11.9. The van der Waals surface area contributed by atoms with Crippen LogP contribution in [0.25, 0.3) is 0 Å². The van der Waals surface area contributed by atoms with E-state index in [0.717, 1.165) is 19.5 Å². The summed E-state index contributed by atoms with van der Waals surface area (Å²) in [5, 5.41) is 7.90. The van der Waals surface area contributed by atoms with Gasteiger partial charge in [0.2, 0.25) is 0 Å². The Hall–Kier alpha value is -0.830. The van der Waals surface area contributed by atoms with E-state index in [9.17, 15) is 0 Å². The zero-order valence-electron chi connectivity index (χ0n) is 11.0. The summed E-state index contributed by atoms with van der Waals surface area (Å²) in [6, 6.07) is 0.672. The number of aryl methyl sites for hydroxylation is 1. The Balaban J connectivity index is 1.78. The van der Waals surface area contributed by atoms with Gasteiger partial charge in [-0.05, 0) is 44.3 Å². The molecule has 1 fully saturated rings. The molecule has 1 saturated carbocycles. The van der Waals surface area contributed by atoms with Crippen LogP contribution in [-0.4, -0.2) is 22.9 Å². The van der Waals surface area contributed by atoms with E-state index in [1.165, 1.54) is 44.1 Å². The summed E-state index contributed by atoms with van der Waals surface area (Å²) in [6.45, 7) is 4.34. The van der Waals surface area contributed by atoms with E-state index in [-0.39, 0.29) is 0 Å². The Kier molecular flexibility index (Phi) is 5.05. The first-order valence-electron chi connectivity index (χ1n) is 7.14. The quantitative estimate of drug-likeness (QED) is 0.768. The first-order valence-corrected chi connectivity index (χ1v) is 7.14. The summed E-state index contributed by atoms with van der Waals surface area (Å²) < 4.78 is 2.21. The normalized spacial score (nSPS) is 17.5. The molecule has 3 heteroatoms. The molecule has 2 rings (SSSR count). The monoisotopic (exact) mass is 235 g/mol. The number of hydrogen-bond acceptors (Lipinski definition) is 2. The van der Waals surface area contributed by atoms with Gasteiger partial charge in [0.15, 0.2) is 0 Å². The van der Waals surface area contributed by atoms with Crippen molar-refractivity contribution in [3.05, 3.63) is 18.0 Å². The molecule has 1 N–H and O–H groups in total. The van der Waals surface area contributed by atoms with Crippen LogP contribution in [0.1, 0.15) is 57.1 Å². The number of hydrogen-bond donors (Lipinski definition) is 1. The third-order valence-electron chi connectivity index (χ3n) is 3.67. The minimum Gasteiger partial charge on any atom is -0.317 e. The minimum atomic E-state index is 0.672. The van der Waals surface area contributed by atoms with Gasteiger partial charge in [0.05, 0.1) is 12.2 Å². The zero-order valence-corrected chi connectivity index (χ0v) is 11.0. The molecule has 1 aliphatic rings. The Morgan fingerprint density at radius 2 is 2.18 bits per heavy atom. The first kappa shape index (κ1) is 12.6. The van der Waals surface area contributed by atoms with E-state index in [2.05, 4.69) is 34.4 Å². The van der Waals surface area contributed by atoms with Crippen molar-refractivity contribution in [3.63, 3.8) is 0 Å². The topological polar surface area (TPSA) is 29.9 Å². The number of rotatable bonds is 6. The lowest BCUT2D eigenvalue weighted by atomic mass is 9.96. The molecule has 0 saturated heterocycles. The molecule has 1 aromatic heterocycles. The molecule has 0 spiro atoms. The van der Waals surface area contributed by atoms with Crippen molar-refractivity contribution in [1.29, 1.82) is 0 Å². The van der Waals surface area contributed by atoms with Gasteiger partial charge in [-0.2, -0.15) is 5.10 Å².